The van der Waals surface area contributed by atoms with E-state index < -0.39 is 18.8 Å². The van der Waals surface area contributed by atoms with Crippen LogP contribution in [0.2, 0.25) is 0 Å². The van der Waals surface area contributed by atoms with E-state index in [2.05, 4.69) is 45.4 Å². The largest absolute Gasteiger partial charge is 0.435 e. The second-order valence-corrected chi connectivity index (χ2v) is 11.5. The number of alkyl halides is 2. The molecule has 1 saturated carbocycles. The molecule has 3 aromatic carbocycles. The van der Waals surface area contributed by atoms with Gasteiger partial charge in [0.1, 0.15) is 11.6 Å². The molecule has 43 heavy (non-hydrogen) atoms. The third-order valence-electron chi connectivity index (χ3n) is 8.22. The van der Waals surface area contributed by atoms with Crippen molar-refractivity contribution in [3.8, 4) is 28.4 Å². The molecule has 0 aliphatic heterocycles. The van der Waals surface area contributed by atoms with Crippen LogP contribution in [-0.2, 0) is 19.6 Å². The maximum absolute atomic E-state index is 12.7. The maximum atomic E-state index is 12.7. The minimum absolute atomic E-state index is 0.131. The summed E-state index contributed by atoms with van der Waals surface area (Å²) in [5.41, 5.74) is 5.15. The Labute approximate surface area is 252 Å². The smallest absolute Gasteiger partial charge is 0.387 e. The topological polar surface area (TPSA) is 70.8 Å². The van der Waals surface area contributed by atoms with E-state index in [4.69, 9.17) is 4.98 Å². The number of nitrogens with zero attached hydrogens (tertiary/aromatic N) is 3. The van der Waals surface area contributed by atoms with Crippen molar-refractivity contribution >= 4 is 0 Å². The van der Waals surface area contributed by atoms with E-state index in [-0.39, 0.29) is 11.7 Å². The second kappa shape index (κ2) is 14.7. The predicted molar refractivity (Wildman–Crippen MR) is 165 cm³/mol. The van der Waals surface area contributed by atoms with Gasteiger partial charge in [-0.05, 0) is 49.3 Å². The number of aliphatic hydroxyl groups excluding tert-OH is 2. The van der Waals surface area contributed by atoms with Crippen LogP contribution in [-0.4, -0.2) is 50.0 Å². The summed E-state index contributed by atoms with van der Waals surface area (Å²) < 4.78 is 32.4. The zero-order valence-electron chi connectivity index (χ0n) is 24.7. The summed E-state index contributed by atoms with van der Waals surface area (Å²) in [6.45, 7) is 2.06. The molecule has 1 aliphatic rings. The highest BCUT2D eigenvalue weighted by molar-refractivity contribution is 5.68. The van der Waals surface area contributed by atoms with Crippen molar-refractivity contribution in [2.45, 2.75) is 77.5 Å². The van der Waals surface area contributed by atoms with Gasteiger partial charge >= 0.3 is 6.61 Å². The number of aromatic nitrogens is 2. The molecular weight excluding hydrogens is 548 g/mol. The zero-order valence-corrected chi connectivity index (χ0v) is 24.7. The molecule has 3 unspecified atom stereocenters. The molecule has 228 valence electrons. The van der Waals surface area contributed by atoms with Crippen molar-refractivity contribution < 1.29 is 23.7 Å². The number of benzene rings is 3. The minimum Gasteiger partial charge on any atom is -0.435 e. The van der Waals surface area contributed by atoms with Gasteiger partial charge in [-0.1, -0.05) is 86.1 Å². The molecule has 4 aromatic rings. The standard InChI is InChI=1S/C35H41F2N3O3/c1-2-3-20-40-30(33(27-10-6-4-7-11-27)38-34(40)28-12-8-5-9-13-28)24-39(23-26-16-19-31(41)32(42)21-26)22-25-14-17-29(18-15-25)43-35(36)37/h4-15,17-18,26,31-32,35,41-42H,2-3,16,19-24H2,1H3. The molecule has 8 heteroatoms. The number of hydrogen-bond acceptors (Lipinski definition) is 5. The van der Waals surface area contributed by atoms with Crippen LogP contribution in [0.25, 0.3) is 22.6 Å². The van der Waals surface area contributed by atoms with Crippen molar-refractivity contribution in [1.82, 2.24) is 14.5 Å². The van der Waals surface area contributed by atoms with Gasteiger partial charge in [0.2, 0.25) is 0 Å². The van der Waals surface area contributed by atoms with Gasteiger partial charge in [0.15, 0.2) is 0 Å². The number of imidazole rings is 1. The van der Waals surface area contributed by atoms with Gasteiger partial charge in [0.05, 0.1) is 23.6 Å². The van der Waals surface area contributed by atoms with Crippen LogP contribution in [0.1, 0.15) is 50.3 Å². The molecule has 0 amide bonds. The molecule has 1 heterocycles. The lowest BCUT2D eigenvalue weighted by Gasteiger charge is -2.34. The van der Waals surface area contributed by atoms with Crippen LogP contribution < -0.4 is 4.74 Å². The van der Waals surface area contributed by atoms with Gasteiger partial charge in [0, 0.05) is 37.3 Å². The SMILES string of the molecule is CCCCn1c(-c2ccccc2)nc(-c2ccccc2)c1CN(Cc1ccc(OC(F)F)cc1)CC1CCC(O)C(O)C1. The fourth-order valence-electron chi connectivity index (χ4n) is 6.02. The first kappa shape index (κ1) is 30.9. The van der Waals surface area contributed by atoms with E-state index in [1.54, 1.807) is 12.1 Å². The average Bonchev–Trinajstić information content (AvgIpc) is 3.37. The molecule has 0 spiro atoms. The summed E-state index contributed by atoms with van der Waals surface area (Å²) in [6, 6.07) is 27.3. The first-order valence-electron chi connectivity index (χ1n) is 15.2. The van der Waals surface area contributed by atoms with E-state index in [0.717, 1.165) is 59.7 Å². The molecule has 1 aromatic heterocycles. The van der Waals surface area contributed by atoms with Gasteiger partial charge in [-0.25, -0.2) is 4.98 Å². The molecule has 6 nitrogen and oxygen atoms in total. The lowest BCUT2D eigenvalue weighted by Crippen LogP contribution is -2.38. The minimum atomic E-state index is -2.87. The molecular formula is C35H41F2N3O3. The van der Waals surface area contributed by atoms with Gasteiger partial charge < -0.3 is 19.5 Å². The zero-order chi connectivity index (χ0) is 30.2. The highest BCUT2D eigenvalue weighted by Gasteiger charge is 2.30. The number of rotatable bonds is 13. The third-order valence-corrected chi connectivity index (χ3v) is 8.22. The van der Waals surface area contributed by atoms with Crippen molar-refractivity contribution in [3.63, 3.8) is 0 Å². The third kappa shape index (κ3) is 8.07. The highest BCUT2D eigenvalue weighted by Crippen LogP contribution is 2.33. The number of aliphatic hydroxyl groups is 2. The Morgan fingerprint density at radius 1 is 0.884 bits per heavy atom. The monoisotopic (exact) mass is 589 g/mol. The summed E-state index contributed by atoms with van der Waals surface area (Å²) in [7, 11) is 0. The Hall–Kier alpha value is -3.59. The molecule has 0 saturated heterocycles. The Morgan fingerprint density at radius 3 is 2.19 bits per heavy atom. The summed E-state index contributed by atoms with van der Waals surface area (Å²) in [4.78, 5) is 7.61. The molecule has 1 aliphatic carbocycles. The fraction of sp³-hybridized carbons (Fsp3) is 0.400. The average molecular weight is 590 g/mol. The lowest BCUT2D eigenvalue weighted by molar-refractivity contribution is -0.0498. The van der Waals surface area contributed by atoms with Crippen LogP contribution in [0, 0.1) is 5.92 Å². The van der Waals surface area contributed by atoms with Crippen LogP contribution in [0.4, 0.5) is 8.78 Å². The number of unbranched alkanes of at least 4 members (excludes halogenated alkanes) is 1. The Morgan fingerprint density at radius 2 is 1.56 bits per heavy atom. The summed E-state index contributed by atoms with van der Waals surface area (Å²) >= 11 is 0. The van der Waals surface area contributed by atoms with Gasteiger partial charge in [-0.15, -0.1) is 0 Å². The molecule has 5 rings (SSSR count). The Balaban J connectivity index is 1.53. The first-order valence-corrected chi connectivity index (χ1v) is 15.2. The first-order chi connectivity index (χ1) is 20.9. The highest BCUT2D eigenvalue weighted by atomic mass is 19.3. The summed E-state index contributed by atoms with van der Waals surface area (Å²) in [5, 5.41) is 20.6. The molecule has 2 N–H and O–H groups in total. The molecule has 0 bridgehead atoms. The van der Waals surface area contributed by atoms with Gasteiger partial charge in [-0.2, -0.15) is 8.78 Å². The molecule has 3 atom stereocenters. The van der Waals surface area contributed by atoms with Crippen molar-refractivity contribution in [2.24, 2.45) is 5.92 Å². The number of halogens is 2. The number of ether oxygens (including phenoxy) is 1. The fourth-order valence-corrected chi connectivity index (χ4v) is 6.02. The summed E-state index contributed by atoms with van der Waals surface area (Å²) in [5.74, 6) is 1.28. The van der Waals surface area contributed by atoms with Crippen molar-refractivity contribution in [1.29, 1.82) is 0 Å². The van der Waals surface area contributed by atoms with Gasteiger partial charge in [-0.3, -0.25) is 4.90 Å². The quantitative estimate of drug-likeness (QED) is 0.173. The van der Waals surface area contributed by atoms with Gasteiger partial charge in [0.25, 0.3) is 0 Å². The normalized spacial score (nSPS) is 18.8. The van der Waals surface area contributed by atoms with Crippen LogP contribution in [0.5, 0.6) is 5.75 Å². The van der Waals surface area contributed by atoms with Crippen LogP contribution in [0.3, 0.4) is 0 Å². The van der Waals surface area contributed by atoms with E-state index in [1.807, 2.05) is 48.5 Å². The van der Waals surface area contributed by atoms with Crippen molar-refractivity contribution in [3.05, 3.63) is 96.2 Å². The van der Waals surface area contributed by atoms with E-state index >= 15 is 0 Å². The second-order valence-electron chi connectivity index (χ2n) is 11.5. The number of hydrogen-bond donors (Lipinski definition) is 2. The Kier molecular flexibility index (Phi) is 10.6. The van der Waals surface area contributed by atoms with Crippen LogP contribution in [0.15, 0.2) is 84.9 Å². The predicted octanol–water partition coefficient (Wildman–Crippen LogP) is 7.14. The Bertz CT molecular complexity index is 1410. The van der Waals surface area contributed by atoms with E-state index in [1.165, 1.54) is 0 Å². The van der Waals surface area contributed by atoms with E-state index in [9.17, 15) is 19.0 Å². The molecule has 0 radical (unpaired) electrons. The van der Waals surface area contributed by atoms with Crippen molar-refractivity contribution in [2.75, 3.05) is 6.54 Å². The lowest BCUT2D eigenvalue weighted by atomic mass is 9.85. The van der Waals surface area contributed by atoms with E-state index in [0.29, 0.717) is 32.5 Å². The van der Waals surface area contributed by atoms with Crippen LogP contribution >= 0.6 is 0 Å². The summed E-state index contributed by atoms with van der Waals surface area (Å²) in [6.07, 6.45) is 2.58. The maximum Gasteiger partial charge on any atom is 0.387 e. The molecule has 1 fully saturated rings.